The summed E-state index contributed by atoms with van der Waals surface area (Å²) >= 11 is 0. The van der Waals surface area contributed by atoms with Gasteiger partial charge in [-0.2, -0.15) is 5.10 Å². The van der Waals surface area contributed by atoms with Crippen LogP contribution in [0.2, 0.25) is 0 Å². The molecule has 7 heteroatoms. The number of ether oxygens (including phenoxy) is 1. The van der Waals surface area contributed by atoms with Crippen molar-refractivity contribution in [3.8, 4) is 5.75 Å². The molecule has 1 aromatic heterocycles. The largest absolute Gasteiger partial charge is 0.497 e. The minimum absolute atomic E-state index is 0.144. The Balaban J connectivity index is 1.60. The molecule has 1 aliphatic heterocycles. The van der Waals surface area contributed by atoms with Gasteiger partial charge in [-0.25, -0.2) is 0 Å². The number of methoxy groups -OCH3 is 1. The van der Waals surface area contributed by atoms with E-state index in [2.05, 4.69) is 15.6 Å². The molecule has 0 saturated carbocycles. The number of hydrogen-bond acceptors (Lipinski definition) is 5. The standard InChI is InChI=1S/C18H22N4O3/c1-11(15-10-22(3)20-12(15)2)19-18(23)17-9-16(21-25-17)13-5-7-14(24-4)8-6-13/h5-8,10-11,17H,9H2,1-4H3,(H,19,23). The number of aromatic nitrogens is 2. The SMILES string of the molecule is COc1ccc(C2=NOC(C(=O)NC(C)c3cn(C)nc3C)C2)cc1. The average Bonchev–Trinajstić information content (AvgIpc) is 3.21. The Morgan fingerprint density at radius 3 is 2.72 bits per heavy atom. The van der Waals surface area contributed by atoms with Crippen LogP contribution in [0.4, 0.5) is 0 Å². The molecule has 132 valence electrons. The van der Waals surface area contributed by atoms with E-state index in [1.807, 2.05) is 51.4 Å². The summed E-state index contributed by atoms with van der Waals surface area (Å²) in [5.41, 5.74) is 3.57. The Bertz CT molecular complexity index is 795. The van der Waals surface area contributed by atoms with Gasteiger partial charge in [-0.1, -0.05) is 5.16 Å². The third-order valence-electron chi connectivity index (χ3n) is 4.26. The minimum Gasteiger partial charge on any atom is -0.497 e. The number of benzene rings is 1. The Morgan fingerprint density at radius 1 is 1.40 bits per heavy atom. The van der Waals surface area contributed by atoms with E-state index >= 15 is 0 Å². The first-order chi connectivity index (χ1) is 12.0. The molecule has 1 N–H and O–H groups in total. The van der Waals surface area contributed by atoms with E-state index in [0.717, 1.165) is 28.3 Å². The number of carbonyl (C=O) groups is 1. The lowest BCUT2D eigenvalue weighted by Gasteiger charge is -2.15. The highest BCUT2D eigenvalue weighted by Gasteiger charge is 2.30. The molecule has 0 fully saturated rings. The summed E-state index contributed by atoms with van der Waals surface area (Å²) in [4.78, 5) is 17.8. The van der Waals surface area contributed by atoms with Crippen molar-refractivity contribution < 1.29 is 14.4 Å². The van der Waals surface area contributed by atoms with Crippen molar-refractivity contribution in [2.24, 2.45) is 12.2 Å². The van der Waals surface area contributed by atoms with Crippen LogP contribution in [0, 0.1) is 6.92 Å². The smallest absolute Gasteiger partial charge is 0.264 e. The highest BCUT2D eigenvalue weighted by molar-refractivity contribution is 6.04. The number of rotatable bonds is 5. The zero-order valence-electron chi connectivity index (χ0n) is 14.8. The molecule has 0 bridgehead atoms. The van der Waals surface area contributed by atoms with Gasteiger partial charge >= 0.3 is 0 Å². The maximum Gasteiger partial charge on any atom is 0.264 e. The normalized spacial score (nSPS) is 17.6. The van der Waals surface area contributed by atoms with Crippen LogP contribution in [0.25, 0.3) is 0 Å². The van der Waals surface area contributed by atoms with Crippen molar-refractivity contribution in [1.29, 1.82) is 0 Å². The van der Waals surface area contributed by atoms with Gasteiger partial charge < -0.3 is 14.9 Å². The third kappa shape index (κ3) is 3.65. The lowest BCUT2D eigenvalue weighted by Crippen LogP contribution is -2.36. The Hall–Kier alpha value is -2.83. The lowest BCUT2D eigenvalue weighted by atomic mass is 10.0. The number of oxime groups is 1. The number of hydrogen-bond donors (Lipinski definition) is 1. The fourth-order valence-electron chi connectivity index (χ4n) is 2.90. The molecule has 25 heavy (non-hydrogen) atoms. The monoisotopic (exact) mass is 342 g/mol. The highest BCUT2D eigenvalue weighted by Crippen LogP contribution is 2.21. The first kappa shape index (κ1) is 17.0. The van der Waals surface area contributed by atoms with E-state index in [1.54, 1.807) is 11.8 Å². The first-order valence-electron chi connectivity index (χ1n) is 8.15. The summed E-state index contributed by atoms with van der Waals surface area (Å²) in [5, 5.41) is 11.3. The van der Waals surface area contributed by atoms with Gasteiger partial charge in [0.25, 0.3) is 5.91 Å². The molecule has 1 aliphatic rings. The molecule has 0 saturated heterocycles. The summed E-state index contributed by atoms with van der Waals surface area (Å²) < 4.78 is 6.89. The van der Waals surface area contributed by atoms with E-state index in [9.17, 15) is 4.79 Å². The Morgan fingerprint density at radius 2 is 2.12 bits per heavy atom. The third-order valence-corrected chi connectivity index (χ3v) is 4.26. The van der Waals surface area contributed by atoms with Gasteiger partial charge in [0.1, 0.15) is 5.75 Å². The maximum absolute atomic E-state index is 12.5. The fraction of sp³-hybridized carbons (Fsp3) is 0.389. The van der Waals surface area contributed by atoms with Crippen LogP contribution in [0.15, 0.2) is 35.6 Å². The molecule has 3 rings (SSSR count). The van der Waals surface area contributed by atoms with Gasteiger partial charge in [0.2, 0.25) is 6.10 Å². The van der Waals surface area contributed by atoms with Crippen LogP contribution in [0.5, 0.6) is 5.75 Å². The van der Waals surface area contributed by atoms with E-state index < -0.39 is 6.10 Å². The molecule has 2 atom stereocenters. The molecule has 1 aromatic carbocycles. The van der Waals surface area contributed by atoms with Crippen molar-refractivity contribution in [3.63, 3.8) is 0 Å². The van der Waals surface area contributed by atoms with Crippen molar-refractivity contribution in [2.45, 2.75) is 32.4 Å². The lowest BCUT2D eigenvalue weighted by molar-refractivity contribution is -0.131. The van der Waals surface area contributed by atoms with E-state index in [4.69, 9.17) is 9.57 Å². The van der Waals surface area contributed by atoms with Crippen LogP contribution < -0.4 is 10.1 Å². The summed E-state index contributed by atoms with van der Waals surface area (Å²) in [6, 6.07) is 7.39. The number of amides is 1. The zero-order chi connectivity index (χ0) is 18.0. The van der Waals surface area contributed by atoms with Crippen LogP contribution >= 0.6 is 0 Å². The van der Waals surface area contributed by atoms with Gasteiger partial charge in [-0.3, -0.25) is 9.48 Å². The van der Waals surface area contributed by atoms with Gasteiger partial charge in [-0.05, 0) is 43.7 Å². The number of nitrogens with one attached hydrogen (secondary N) is 1. The fourth-order valence-corrected chi connectivity index (χ4v) is 2.90. The second-order valence-electron chi connectivity index (χ2n) is 6.14. The maximum atomic E-state index is 12.5. The van der Waals surface area contributed by atoms with Gasteiger partial charge in [0.15, 0.2) is 0 Å². The molecule has 0 spiro atoms. The van der Waals surface area contributed by atoms with Crippen molar-refractivity contribution in [3.05, 3.63) is 47.3 Å². The minimum atomic E-state index is -0.614. The highest BCUT2D eigenvalue weighted by atomic mass is 16.6. The topological polar surface area (TPSA) is 77.7 Å². The number of aryl methyl sites for hydroxylation is 2. The predicted molar refractivity (Wildman–Crippen MR) is 93.5 cm³/mol. The number of nitrogens with zero attached hydrogens (tertiary/aromatic N) is 3. The molecule has 2 heterocycles. The van der Waals surface area contributed by atoms with Gasteiger partial charge in [0.05, 0.1) is 24.6 Å². The van der Waals surface area contributed by atoms with Crippen LogP contribution in [0.1, 0.15) is 36.2 Å². The summed E-state index contributed by atoms with van der Waals surface area (Å²) in [6.45, 7) is 3.86. The molecule has 1 amide bonds. The zero-order valence-corrected chi connectivity index (χ0v) is 14.8. The average molecular weight is 342 g/mol. The Kier molecular flexibility index (Phi) is 4.74. The quantitative estimate of drug-likeness (QED) is 0.903. The second kappa shape index (κ2) is 6.96. The first-order valence-corrected chi connectivity index (χ1v) is 8.15. The second-order valence-corrected chi connectivity index (χ2v) is 6.14. The van der Waals surface area contributed by atoms with E-state index in [-0.39, 0.29) is 11.9 Å². The number of carbonyl (C=O) groups excluding carboxylic acids is 1. The van der Waals surface area contributed by atoms with Crippen LogP contribution in [0.3, 0.4) is 0 Å². The van der Waals surface area contributed by atoms with E-state index in [0.29, 0.717) is 6.42 Å². The van der Waals surface area contributed by atoms with Crippen molar-refractivity contribution in [2.75, 3.05) is 7.11 Å². The summed E-state index contributed by atoms with van der Waals surface area (Å²) in [5.74, 6) is 0.598. The molecule has 7 nitrogen and oxygen atoms in total. The van der Waals surface area contributed by atoms with Crippen molar-refractivity contribution >= 4 is 11.6 Å². The Labute approximate surface area is 146 Å². The van der Waals surface area contributed by atoms with Gasteiger partial charge in [-0.15, -0.1) is 0 Å². The summed E-state index contributed by atoms with van der Waals surface area (Å²) in [6.07, 6.45) is 1.74. The van der Waals surface area contributed by atoms with Crippen molar-refractivity contribution in [1.82, 2.24) is 15.1 Å². The van der Waals surface area contributed by atoms with E-state index in [1.165, 1.54) is 0 Å². The molecular formula is C18H22N4O3. The van der Waals surface area contributed by atoms with Crippen LogP contribution in [-0.2, 0) is 16.7 Å². The van der Waals surface area contributed by atoms with Crippen LogP contribution in [-0.4, -0.2) is 34.6 Å². The molecule has 2 aromatic rings. The molecule has 0 radical (unpaired) electrons. The van der Waals surface area contributed by atoms with Gasteiger partial charge in [0, 0.05) is 25.2 Å². The summed E-state index contributed by atoms with van der Waals surface area (Å²) in [7, 11) is 3.48. The predicted octanol–water partition coefficient (Wildman–Crippen LogP) is 2.11. The molecular weight excluding hydrogens is 320 g/mol. The molecule has 0 aliphatic carbocycles. The molecule has 2 unspecified atom stereocenters.